The smallest absolute Gasteiger partial charge is 0.304 e. The van der Waals surface area contributed by atoms with E-state index in [0.29, 0.717) is 19.0 Å². The Balaban J connectivity index is 1.98. The maximum absolute atomic E-state index is 10.5. The lowest BCUT2D eigenvalue weighted by Crippen LogP contribution is -2.21. The summed E-state index contributed by atoms with van der Waals surface area (Å²) >= 11 is 0. The van der Waals surface area contributed by atoms with Gasteiger partial charge in [-0.1, -0.05) is 0 Å². The Morgan fingerprint density at radius 2 is 2.10 bits per heavy atom. The number of rotatable bonds is 7. The first-order chi connectivity index (χ1) is 10.1. The van der Waals surface area contributed by atoms with Crippen LogP contribution in [0.1, 0.15) is 12.1 Å². The van der Waals surface area contributed by atoms with Crippen LogP contribution in [0.4, 0.5) is 0 Å². The Morgan fingerprint density at radius 1 is 1.38 bits per heavy atom. The van der Waals surface area contributed by atoms with Crippen molar-refractivity contribution >= 4 is 5.97 Å². The van der Waals surface area contributed by atoms with Gasteiger partial charge >= 0.3 is 5.97 Å². The van der Waals surface area contributed by atoms with E-state index < -0.39 is 5.97 Å². The molecule has 1 N–H and O–H groups in total. The number of hydrogen-bond acceptors (Lipinski definition) is 5. The molecule has 6 nitrogen and oxygen atoms in total. The van der Waals surface area contributed by atoms with Crippen LogP contribution in [0.5, 0.6) is 5.75 Å². The zero-order valence-corrected chi connectivity index (χ0v) is 12.1. The largest absolute Gasteiger partial charge is 0.497 e. The van der Waals surface area contributed by atoms with Gasteiger partial charge in [0.05, 0.1) is 19.2 Å². The average molecular weight is 290 g/mol. The van der Waals surface area contributed by atoms with Crippen molar-refractivity contribution in [2.75, 3.05) is 20.7 Å². The van der Waals surface area contributed by atoms with Crippen LogP contribution in [0.2, 0.25) is 0 Å². The Morgan fingerprint density at radius 3 is 2.71 bits per heavy atom. The van der Waals surface area contributed by atoms with Crippen LogP contribution < -0.4 is 4.74 Å². The van der Waals surface area contributed by atoms with Crippen molar-refractivity contribution in [1.29, 1.82) is 0 Å². The quantitative estimate of drug-likeness (QED) is 0.843. The van der Waals surface area contributed by atoms with Crippen molar-refractivity contribution in [3.63, 3.8) is 0 Å². The monoisotopic (exact) mass is 290 g/mol. The number of benzene rings is 1. The van der Waals surface area contributed by atoms with Gasteiger partial charge in [-0.3, -0.25) is 9.69 Å². The zero-order chi connectivity index (χ0) is 15.2. The zero-order valence-electron chi connectivity index (χ0n) is 12.1. The third kappa shape index (κ3) is 4.32. The number of methoxy groups -OCH3 is 1. The van der Waals surface area contributed by atoms with E-state index in [1.807, 2.05) is 36.2 Å². The fourth-order valence-corrected chi connectivity index (χ4v) is 1.89. The molecular weight excluding hydrogens is 272 g/mol. The molecule has 0 aliphatic rings. The normalized spacial score (nSPS) is 10.8. The number of oxazole rings is 1. The third-order valence-electron chi connectivity index (χ3n) is 3.03. The highest BCUT2D eigenvalue weighted by Crippen LogP contribution is 2.22. The lowest BCUT2D eigenvalue weighted by molar-refractivity contribution is -0.137. The molecule has 21 heavy (non-hydrogen) atoms. The molecular formula is C15H18N2O4. The molecule has 1 heterocycles. The first kappa shape index (κ1) is 15.1. The first-order valence-electron chi connectivity index (χ1n) is 6.57. The molecule has 1 aromatic heterocycles. The molecule has 0 radical (unpaired) electrons. The number of carboxylic acid groups (broad SMARTS) is 1. The molecule has 0 aliphatic heterocycles. The lowest BCUT2D eigenvalue weighted by Gasteiger charge is -2.12. The molecule has 0 saturated carbocycles. The van der Waals surface area contributed by atoms with Crippen molar-refractivity contribution in [3.8, 4) is 17.2 Å². The molecule has 0 unspecified atom stereocenters. The van der Waals surface area contributed by atoms with E-state index in [1.54, 1.807) is 13.4 Å². The van der Waals surface area contributed by atoms with Crippen LogP contribution in [0.15, 0.2) is 34.9 Å². The SMILES string of the molecule is COc1ccc(-c2nc(CN(C)CCC(=O)O)co2)cc1. The number of ether oxygens (including phenoxy) is 1. The number of aliphatic carboxylic acids is 1. The highest BCUT2D eigenvalue weighted by atomic mass is 16.5. The summed E-state index contributed by atoms with van der Waals surface area (Å²) in [6.45, 7) is 1.02. The van der Waals surface area contributed by atoms with Gasteiger partial charge in [-0.15, -0.1) is 0 Å². The van der Waals surface area contributed by atoms with E-state index in [2.05, 4.69) is 4.98 Å². The second-order valence-electron chi connectivity index (χ2n) is 4.75. The summed E-state index contributed by atoms with van der Waals surface area (Å²) < 4.78 is 10.6. The minimum atomic E-state index is -0.805. The second kappa shape index (κ2) is 6.90. The molecule has 2 rings (SSSR count). The second-order valence-corrected chi connectivity index (χ2v) is 4.75. The first-order valence-corrected chi connectivity index (χ1v) is 6.57. The van der Waals surface area contributed by atoms with Gasteiger partial charge in [0.25, 0.3) is 0 Å². The number of aromatic nitrogens is 1. The van der Waals surface area contributed by atoms with E-state index in [-0.39, 0.29) is 6.42 Å². The Kier molecular flexibility index (Phi) is 4.94. The van der Waals surface area contributed by atoms with Gasteiger partial charge in [0.15, 0.2) is 0 Å². The van der Waals surface area contributed by atoms with E-state index in [1.165, 1.54) is 0 Å². The van der Waals surface area contributed by atoms with Gasteiger partial charge in [0.1, 0.15) is 12.0 Å². The molecule has 0 saturated heterocycles. The third-order valence-corrected chi connectivity index (χ3v) is 3.03. The minimum Gasteiger partial charge on any atom is -0.497 e. The van der Waals surface area contributed by atoms with Gasteiger partial charge in [-0.25, -0.2) is 4.98 Å². The van der Waals surface area contributed by atoms with Crippen molar-refractivity contribution in [1.82, 2.24) is 9.88 Å². The van der Waals surface area contributed by atoms with Crippen LogP contribution in [0, 0.1) is 0 Å². The van der Waals surface area contributed by atoms with Crippen LogP contribution in [-0.2, 0) is 11.3 Å². The highest BCUT2D eigenvalue weighted by Gasteiger charge is 2.09. The van der Waals surface area contributed by atoms with Gasteiger partial charge in [0, 0.05) is 18.7 Å². The Bertz CT molecular complexity index is 592. The van der Waals surface area contributed by atoms with Crippen LogP contribution >= 0.6 is 0 Å². The summed E-state index contributed by atoms with van der Waals surface area (Å²) in [5, 5.41) is 8.65. The van der Waals surface area contributed by atoms with Crippen molar-refractivity contribution in [3.05, 3.63) is 36.2 Å². The standard InChI is InChI=1S/C15H18N2O4/c1-17(8-7-14(18)19)9-12-10-21-15(16-12)11-3-5-13(20-2)6-4-11/h3-6,10H,7-9H2,1-2H3,(H,18,19). The van der Waals surface area contributed by atoms with E-state index in [9.17, 15) is 4.79 Å². The number of hydrogen-bond donors (Lipinski definition) is 1. The highest BCUT2D eigenvalue weighted by molar-refractivity contribution is 5.66. The van der Waals surface area contributed by atoms with Gasteiger partial charge in [-0.2, -0.15) is 0 Å². The number of carboxylic acids is 1. The van der Waals surface area contributed by atoms with Crippen molar-refractivity contribution < 1.29 is 19.1 Å². The maximum Gasteiger partial charge on any atom is 0.304 e. The van der Waals surface area contributed by atoms with E-state index >= 15 is 0 Å². The van der Waals surface area contributed by atoms with E-state index in [4.69, 9.17) is 14.3 Å². The summed E-state index contributed by atoms with van der Waals surface area (Å²) in [7, 11) is 3.47. The molecule has 0 fully saturated rings. The van der Waals surface area contributed by atoms with E-state index in [0.717, 1.165) is 17.0 Å². The molecule has 0 atom stereocenters. The number of carbonyl (C=O) groups is 1. The van der Waals surface area contributed by atoms with Gasteiger partial charge in [0.2, 0.25) is 5.89 Å². The maximum atomic E-state index is 10.5. The summed E-state index contributed by atoms with van der Waals surface area (Å²) in [5.74, 6) is 0.513. The fourth-order valence-electron chi connectivity index (χ4n) is 1.89. The molecule has 0 spiro atoms. The summed E-state index contributed by atoms with van der Waals surface area (Å²) in [4.78, 5) is 16.8. The number of nitrogens with zero attached hydrogens (tertiary/aromatic N) is 2. The van der Waals surface area contributed by atoms with Crippen LogP contribution in [0.3, 0.4) is 0 Å². The fraction of sp³-hybridized carbons (Fsp3) is 0.333. The average Bonchev–Trinajstić information content (AvgIpc) is 2.93. The molecule has 6 heteroatoms. The Labute approximate surface area is 123 Å². The minimum absolute atomic E-state index is 0.111. The van der Waals surface area contributed by atoms with Crippen molar-refractivity contribution in [2.45, 2.75) is 13.0 Å². The molecule has 0 aliphatic carbocycles. The summed E-state index contributed by atoms with van der Waals surface area (Å²) in [6.07, 6.45) is 1.70. The molecule has 0 bridgehead atoms. The predicted octanol–water partition coefficient (Wildman–Crippen LogP) is 2.26. The predicted molar refractivity (Wildman–Crippen MR) is 77.1 cm³/mol. The Hall–Kier alpha value is -2.34. The molecule has 112 valence electrons. The summed E-state index contributed by atoms with van der Waals surface area (Å²) in [6, 6.07) is 7.45. The van der Waals surface area contributed by atoms with Crippen molar-refractivity contribution in [2.24, 2.45) is 0 Å². The lowest BCUT2D eigenvalue weighted by atomic mass is 10.2. The van der Waals surface area contributed by atoms with Gasteiger partial charge < -0.3 is 14.3 Å². The summed E-state index contributed by atoms with van der Waals surface area (Å²) in [5.41, 5.74) is 1.64. The molecule has 2 aromatic rings. The van der Waals surface area contributed by atoms with Crippen LogP contribution in [0.25, 0.3) is 11.5 Å². The molecule has 0 amide bonds. The van der Waals surface area contributed by atoms with Crippen LogP contribution in [-0.4, -0.2) is 41.7 Å². The van der Waals surface area contributed by atoms with Gasteiger partial charge in [-0.05, 0) is 31.3 Å². The molecule has 1 aromatic carbocycles. The topological polar surface area (TPSA) is 75.8 Å².